The van der Waals surface area contributed by atoms with Crippen LogP contribution in [-0.4, -0.2) is 19.1 Å². The van der Waals surface area contributed by atoms with Gasteiger partial charge < -0.3 is 14.8 Å². The van der Waals surface area contributed by atoms with Crippen molar-refractivity contribution in [2.75, 3.05) is 18.5 Å². The Morgan fingerprint density at radius 1 is 1.21 bits per heavy atom. The molecule has 0 heterocycles. The predicted molar refractivity (Wildman–Crippen MR) is 104 cm³/mol. The minimum Gasteiger partial charge on any atom is -0.490 e. The van der Waals surface area contributed by atoms with E-state index < -0.39 is 11.7 Å². The molecule has 2 aromatic rings. The van der Waals surface area contributed by atoms with Crippen LogP contribution in [0.5, 0.6) is 11.5 Å². The number of hydrogen-bond donors (Lipinski definition) is 1. The van der Waals surface area contributed by atoms with Crippen LogP contribution in [0.1, 0.15) is 24.2 Å². The number of benzene rings is 2. The molecule has 1 N–H and O–H groups in total. The van der Waals surface area contributed by atoms with E-state index in [4.69, 9.17) is 9.47 Å². The lowest BCUT2D eigenvalue weighted by atomic mass is 10.1. The standard InChI is InChI=1S/C17H16BrFINO3/c1-3-23-15-8-10(7-13(20)16(15)24-4-2)17(22)21-14-6-5-11(18)9-12(14)19/h5-9H,3-4H2,1-2H3,(H,21,22). The fraction of sp³-hybridized carbons (Fsp3) is 0.235. The van der Waals surface area contributed by atoms with E-state index in [2.05, 4.69) is 43.8 Å². The predicted octanol–water partition coefficient (Wildman–Crippen LogP) is 5.24. The van der Waals surface area contributed by atoms with E-state index in [1.165, 1.54) is 12.1 Å². The Labute approximate surface area is 162 Å². The summed E-state index contributed by atoms with van der Waals surface area (Å²) in [6, 6.07) is 7.73. The highest BCUT2D eigenvalue weighted by atomic mass is 127. The lowest BCUT2D eigenvalue weighted by Gasteiger charge is -2.14. The molecule has 1 amide bonds. The van der Waals surface area contributed by atoms with Crippen LogP contribution in [0, 0.1) is 9.39 Å². The summed E-state index contributed by atoms with van der Waals surface area (Å²) in [6.45, 7) is 4.67. The van der Waals surface area contributed by atoms with Crippen molar-refractivity contribution in [1.29, 1.82) is 0 Å². The summed E-state index contributed by atoms with van der Waals surface area (Å²) < 4.78 is 26.4. The van der Waals surface area contributed by atoms with Crippen molar-refractivity contribution in [1.82, 2.24) is 0 Å². The van der Waals surface area contributed by atoms with Crippen LogP contribution < -0.4 is 14.8 Å². The Bertz CT molecular complexity index is 755. The minimum absolute atomic E-state index is 0.116. The third kappa shape index (κ3) is 4.60. The maximum absolute atomic E-state index is 13.9. The molecule has 0 aliphatic carbocycles. The summed E-state index contributed by atoms with van der Waals surface area (Å²) in [4.78, 5) is 12.4. The van der Waals surface area contributed by atoms with Crippen molar-refractivity contribution in [3.8, 4) is 11.5 Å². The first-order chi connectivity index (χ1) is 11.5. The van der Waals surface area contributed by atoms with Crippen molar-refractivity contribution in [3.05, 3.63) is 49.8 Å². The van der Waals surface area contributed by atoms with Gasteiger partial charge in [0.05, 0.1) is 22.5 Å². The maximum atomic E-state index is 13.9. The number of rotatable bonds is 6. The summed E-state index contributed by atoms with van der Waals surface area (Å²) in [6.07, 6.45) is 0. The van der Waals surface area contributed by atoms with Gasteiger partial charge in [-0.2, -0.15) is 0 Å². The van der Waals surface area contributed by atoms with Gasteiger partial charge in [-0.05, 0) is 66.8 Å². The smallest absolute Gasteiger partial charge is 0.255 e. The van der Waals surface area contributed by atoms with Gasteiger partial charge in [0.1, 0.15) is 5.82 Å². The van der Waals surface area contributed by atoms with E-state index in [0.717, 1.165) is 3.57 Å². The number of carbonyl (C=O) groups excluding carboxylic acids is 1. The second kappa shape index (κ2) is 8.66. The molecule has 0 aromatic heterocycles. The van der Waals surface area contributed by atoms with E-state index in [1.54, 1.807) is 18.2 Å². The van der Waals surface area contributed by atoms with Gasteiger partial charge in [0.25, 0.3) is 5.91 Å². The first-order valence-corrected chi connectivity index (χ1v) is 9.19. The highest BCUT2D eigenvalue weighted by molar-refractivity contribution is 14.1. The van der Waals surface area contributed by atoms with Crippen molar-refractivity contribution in [2.24, 2.45) is 0 Å². The summed E-state index contributed by atoms with van der Waals surface area (Å²) in [5, 5.41) is 2.57. The average Bonchev–Trinajstić information content (AvgIpc) is 2.53. The van der Waals surface area contributed by atoms with Crippen LogP contribution in [0.4, 0.5) is 10.1 Å². The Kier molecular flexibility index (Phi) is 6.85. The molecule has 2 rings (SSSR count). The topological polar surface area (TPSA) is 47.6 Å². The highest BCUT2D eigenvalue weighted by Gasteiger charge is 2.17. The zero-order valence-corrected chi connectivity index (χ0v) is 16.9. The molecule has 0 aliphatic rings. The van der Waals surface area contributed by atoms with Crippen LogP contribution in [0.2, 0.25) is 0 Å². The minimum atomic E-state index is -0.511. The first kappa shape index (κ1) is 19.0. The third-order valence-electron chi connectivity index (χ3n) is 3.04. The lowest BCUT2D eigenvalue weighted by molar-refractivity contribution is 0.102. The van der Waals surface area contributed by atoms with Crippen LogP contribution in [0.15, 0.2) is 34.8 Å². The Balaban J connectivity index is 2.31. The third-order valence-corrected chi connectivity index (χ3v) is 4.33. The number of ether oxygens (including phenoxy) is 2. The second-order valence-corrected chi connectivity index (χ2v) is 6.81. The molecule has 0 saturated heterocycles. The molecule has 4 nitrogen and oxygen atoms in total. The number of anilines is 1. The molecule has 0 spiro atoms. The molecule has 0 bridgehead atoms. The Morgan fingerprint density at radius 2 is 1.92 bits per heavy atom. The molecule has 0 saturated carbocycles. The fourth-order valence-electron chi connectivity index (χ4n) is 2.03. The van der Waals surface area contributed by atoms with E-state index >= 15 is 0 Å². The molecule has 128 valence electrons. The van der Waals surface area contributed by atoms with Crippen molar-refractivity contribution in [3.63, 3.8) is 0 Å². The Morgan fingerprint density at radius 3 is 2.54 bits per heavy atom. The molecule has 24 heavy (non-hydrogen) atoms. The van der Waals surface area contributed by atoms with Gasteiger partial charge in [0, 0.05) is 10.0 Å². The van der Waals surface area contributed by atoms with Gasteiger partial charge in [-0.15, -0.1) is 0 Å². The maximum Gasteiger partial charge on any atom is 0.255 e. The molecule has 0 unspecified atom stereocenters. The zero-order chi connectivity index (χ0) is 17.7. The zero-order valence-electron chi connectivity index (χ0n) is 13.2. The van der Waals surface area contributed by atoms with E-state index in [-0.39, 0.29) is 5.69 Å². The normalized spacial score (nSPS) is 10.4. The van der Waals surface area contributed by atoms with Crippen molar-refractivity contribution in [2.45, 2.75) is 13.8 Å². The summed E-state index contributed by atoms with van der Waals surface area (Å²) >= 11 is 5.27. The van der Waals surface area contributed by atoms with Crippen LogP contribution >= 0.6 is 38.5 Å². The summed E-state index contributed by atoms with van der Waals surface area (Å²) in [7, 11) is 0. The lowest BCUT2D eigenvalue weighted by Crippen LogP contribution is -2.14. The summed E-state index contributed by atoms with van der Waals surface area (Å²) in [5.41, 5.74) is 0.485. The van der Waals surface area contributed by atoms with Gasteiger partial charge >= 0.3 is 0 Å². The SMILES string of the molecule is CCOc1cc(C(=O)Nc2ccc(Br)cc2F)cc(I)c1OCC. The summed E-state index contributed by atoms with van der Waals surface area (Å²) in [5.74, 6) is 0.167. The van der Waals surface area contributed by atoms with Crippen LogP contribution in [-0.2, 0) is 0 Å². The molecule has 0 fully saturated rings. The molecule has 2 aromatic carbocycles. The number of hydrogen-bond acceptors (Lipinski definition) is 3. The van der Waals surface area contributed by atoms with Gasteiger partial charge in [0.2, 0.25) is 0 Å². The van der Waals surface area contributed by atoms with E-state index in [9.17, 15) is 9.18 Å². The molecule has 0 radical (unpaired) electrons. The molecule has 0 atom stereocenters. The highest BCUT2D eigenvalue weighted by Crippen LogP contribution is 2.34. The van der Waals surface area contributed by atoms with Gasteiger partial charge in [-0.3, -0.25) is 4.79 Å². The second-order valence-electron chi connectivity index (χ2n) is 4.73. The number of nitrogens with one attached hydrogen (secondary N) is 1. The average molecular weight is 508 g/mol. The van der Waals surface area contributed by atoms with Crippen molar-refractivity contribution < 1.29 is 18.7 Å². The fourth-order valence-corrected chi connectivity index (χ4v) is 3.12. The van der Waals surface area contributed by atoms with Crippen LogP contribution in [0.25, 0.3) is 0 Å². The monoisotopic (exact) mass is 507 g/mol. The van der Waals surface area contributed by atoms with Crippen molar-refractivity contribution >= 4 is 50.1 Å². The number of halogens is 3. The van der Waals surface area contributed by atoms with E-state index in [1.807, 2.05) is 13.8 Å². The van der Waals surface area contributed by atoms with Gasteiger partial charge in [-0.25, -0.2) is 4.39 Å². The largest absolute Gasteiger partial charge is 0.490 e. The van der Waals surface area contributed by atoms with Gasteiger partial charge in [-0.1, -0.05) is 15.9 Å². The van der Waals surface area contributed by atoms with Gasteiger partial charge in [0.15, 0.2) is 11.5 Å². The molecule has 0 aliphatic heterocycles. The molecular weight excluding hydrogens is 492 g/mol. The molecule has 7 heteroatoms. The quantitative estimate of drug-likeness (QED) is 0.544. The first-order valence-electron chi connectivity index (χ1n) is 7.31. The number of amides is 1. The number of carbonyl (C=O) groups is 1. The van der Waals surface area contributed by atoms with E-state index in [0.29, 0.717) is 34.7 Å². The molecular formula is C17H16BrFINO3. The Hall–Kier alpha value is -1.35. The van der Waals surface area contributed by atoms with Crippen LogP contribution in [0.3, 0.4) is 0 Å².